The summed E-state index contributed by atoms with van der Waals surface area (Å²) in [7, 11) is 1.70. The smallest absolute Gasteiger partial charge is 0.276 e. The van der Waals surface area contributed by atoms with Crippen LogP contribution in [0, 0.1) is 0 Å². The maximum Gasteiger partial charge on any atom is 0.276 e. The largest absolute Gasteiger partial charge is 0.414 e. The van der Waals surface area contributed by atoms with Gasteiger partial charge in [-0.05, 0) is 5.56 Å². The maximum atomic E-state index is 5.58. The fraction of sp³-hybridized carbons (Fsp3) is 0.286. The minimum absolute atomic E-state index is 0.0168. The third-order valence-electron chi connectivity index (χ3n) is 3.03. The molecule has 7 nitrogen and oxygen atoms in total. The summed E-state index contributed by atoms with van der Waals surface area (Å²) in [4.78, 5) is 3.87. The molecule has 0 saturated heterocycles. The second-order valence-corrected chi connectivity index (χ2v) is 5.47. The fourth-order valence-electron chi connectivity index (χ4n) is 1.93. The third kappa shape index (κ3) is 3.71. The van der Waals surface area contributed by atoms with Crippen LogP contribution in [0.1, 0.15) is 17.6 Å². The predicted octanol–water partition coefficient (Wildman–Crippen LogP) is 2.19. The van der Waals surface area contributed by atoms with E-state index in [2.05, 4.69) is 20.3 Å². The zero-order chi connectivity index (χ0) is 15.2. The molecule has 0 radical (unpaired) electrons. The molecule has 0 saturated carbocycles. The van der Waals surface area contributed by atoms with Crippen molar-refractivity contribution in [2.75, 3.05) is 12.9 Å². The van der Waals surface area contributed by atoms with Crippen LogP contribution in [0.15, 0.2) is 52.6 Å². The first-order valence-corrected chi connectivity index (χ1v) is 7.69. The van der Waals surface area contributed by atoms with Crippen molar-refractivity contribution in [3.05, 3.63) is 54.4 Å². The van der Waals surface area contributed by atoms with Crippen LogP contribution in [0.5, 0.6) is 0 Å². The molecule has 0 aliphatic carbocycles. The normalized spacial score (nSPS) is 12.4. The number of hydrogen-bond donors (Lipinski definition) is 0. The Morgan fingerprint density at radius 3 is 2.86 bits per heavy atom. The van der Waals surface area contributed by atoms with E-state index in [1.165, 1.54) is 18.1 Å². The van der Waals surface area contributed by atoms with Crippen LogP contribution in [0.4, 0.5) is 0 Å². The SMILES string of the molecule is CO[C@H](CSc1nnc(Cn2cncn2)o1)c1ccccc1. The van der Waals surface area contributed by atoms with E-state index in [1.54, 1.807) is 18.1 Å². The summed E-state index contributed by atoms with van der Waals surface area (Å²) in [5.74, 6) is 1.20. The number of ether oxygens (including phenoxy) is 1. The first-order valence-electron chi connectivity index (χ1n) is 6.70. The Morgan fingerprint density at radius 2 is 2.14 bits per heavy atom. The molecule has 0 aliphatic rings. The van der Waals surface area contributed by atoms with Crippen molar-refractivity contribution in [1.29, 1.82) is 0 Å². The number of rotatable bonds is 7. The number of nitrogens with zero attached hydrogens (tertiary/aromatic N) is 5. The predicted molar refractivity (Wildman–Crippen MR) is 80.3 cm³/mol. The lowest BCUT2D eigenvalue weighted by Gasteiger charge is -2.13. The van der Waals surface area contributed by atoms with Crippen LogP contribution in [-0.4, -0.2) is 37.8 Å². The third-order valence-corrected chi connectivity index (χ3v) is 3.91. The highest BCUT2D eigenvalue weighted by Crippen LogP contribution is 2.26. The number of thioether (sulfide) groups is 1. The Labute approximate surface area is 131 Å². The van der Waals surface area contributed by atoms with Crippen LogP contribution in [-0.2, 0) is 11.3 Å². The van der Waals surface area contributed by atoms with Crippen molar-refractivity contribution < 1.29 is 9.15 Å². The topological polar surface area (TPSA) is 78.9 Å². The lowest BCUT2D eigenvalue weighted by atomic mass is 10.1. The van der Waals surface area contributed by atoms with Gasteiger partial charge in [-0.25, -0.2) is 9.67 Å². The van der Waals surface area contributed by atoms with Gasteiger partial charge in [0.15, 0.2) is 0 Å². The highest BCUT2D eigenvalue weighted by atomic mass is 32.2. The highest BCUT2D eigenvalue weighted by Gasteiger charge is 2.14. The van der Waals surface area contributed by atoms with E-state index >= 15 is 0 Å². The van der Waals surface area contributed by atoms with E-state index in [1.807, 2.05) is 30.3 Å². The minimum atomic E-state index is -0.0168. The van der Waals surface area contributed by atoms with Crippen molar-refractivity contribution in [1.82, 2.24) is 25.0 Å². The average Bonchev–Trinajstić information content (AvgIpc) is 3.22. The Morgan fingerprint density at radius 1 is 1.27 bits per heavy atom. The Balaban J connectivity index is 1.58. The van der Waals surface area contributed by atoms with Gasteiger partial charge >= 0.3 is 0 Å². The van der Waals surface area contributed by atoms with Gasteiger partial charge in [-0.2, -0.15) is 5.10 Å². The van der Waals surface area contributed by atoms with Gasteiger partial charge in [0.05, 0.1) is 6.10 Å². The summed E-state index contributed by atoms with van der Waals surface area (Å²) in [6.45, 7) is 0.417. The van der Waals surface area contributed by atoms with Gasteiger partial charge in [-0.1, -0.05) is 42.1 Å². The van der Waals surface area contributed by atoms with Gasteiger partial charge in [0.25, 0.3) is 5.22 Å². The molecule has 114 valence electrons. The summed E-state index contributed by atoms with van der Waals surface area (Å²) in [6.07, 6.45) is 3.06. The van der Waals surface area contributed by atoms with Gasteiger partial charge in [-0.15, -0.1) is 10.2 Å². The molecule has 0 N–H and O–H groups in total. The molecule has 3 aromatic rings. The summed E-state index contributed by atoms with van der Waals surface area (Å²) in [5.41, 5.74) is 1.12. The molecule has 1 atom stereocenters. The number of benzene rings is 1. The zero-order valence-electron chi connectivity index (χ0n) is 12.0. The molecular formula is C14H15N5O2S. The van der Waals surface area contributed by atoms with E-state index in [-0.39, 0.29) is 6.10 Å². The van der Waals surface area contributed by atoms with E-state index in [4.69, 9.17) is 9.15 Å². The molecule has 0 bridgehead atoms. The first-order chi connectivity index (χ1) is 10.8. The molecule has 0 amide bonds. The molecule has 0 aliphatic heterocycles. The summed E-state index contributed by atoms with van der Waals surface area (Å²) in [5, 5.41) is 12.5. The Bertz CT molecular complexity index is 686. The summed E-state index contributed by atoms with van der Waals surface area (Å²) >= 11 is 1.47. The van der Waals surface area contributed by atoms with Gasteiger partial charge in [0.1, 0.15) is 19.2 Å². The lowest BCUT2D eigenvalue weighted by molar-refractivity contribution is 0.123. The van der Waals surface area contributed by atoms with Crippen LogP contribution in [0.3, 0.4) is 0 Å². The Kier molecular flexibility index (Phi) is 4.81. The van der Waals surface area contributed by atoms with E-state index < -0.39 is 0 Å². The average molecular weight is 317 g/mol. The van der Waals surface area contributed by atoms with Gasteiger partial charge < -0.3 is 9.15 Å². The van der Waals surface area contributed by atoms with Crippen molar-refractivity contribution in [3.63, 3.8) is 0 Å². The molecule has 0 fully saturated rings. The molecule has 0 unspecified atom stereocenters. The van der Waals surface area contributed by atoms with E-state index in [9.17, 15) is 0 Å². The maximum absolute atomic E-state index is 5.58. The molecule has 8 heteroatoms. The number of aromatic nitrogens is 5. The quantitative estimate of drug-likeness (QED) is 0.618. The van der Waals surface area contributed by atoms with Crippen molar-refractivity contribution in [3.8, 4) is 0 Å². The van der Waals surface area contributed by atoms with Crippen molar-refractivity contribution in [2.45, 2.75) is 17.9 Å². The van der Waals surface area contributed by atoms with Crippen LogP contribution in [0.25, 0.3) is 0 Å². The standard InChI is InChI=1S/C14H15N5O2S/c1-20-12(11-5-3-2-4-6-11)8-22-14-18-17-13(21-14)7-19-10-15-9-16-19/h2-6,9-10,12H,7-8H2,1H3/t12-/m1/s1. The highest BCUT2D eigenvalue weighted by molar-refractivity contribution is 7.99. The molecule has 2 heterocycles. The van der Waals surface area contributed by atoms with Gasteiger partial charge in [-0.3, -0.25) is 0 Å². The van der Waals surface area contributed by atoms with Gasteiger partial charge in [0, 0.05) is 12.9 Å². The van der Waals surface area contributed by atoms with Crippen LogP contribution >= 0.6 is 11.8 Å². The molecule has 0 spiro atoms. The number of hydrogen-bond acceptors (Lipinski definition) is 7. The molecule has 1 aromatic carbocycles. The Hall–Kier alpha value is -2.19. The first kappa shape index (κ1) is 14.7. The summed E-state index contributed by atoms with van der Waals surface area (Å²) in [6, 6.07) is 10.1. The second kappa shape index (κ2) is 7.19. The lowest BCUT2D eigenvalue weighted by Crippen LogP contribution is -2.04. The fourth-order valence-corrected chi connectivity index (χ4v) is 2.80. The van der Waals surface area contributed by atoms with E-state index in [0.717, 1.165) is 5.56 Å². The van der Waals surface area contributed by atoms with Crippen molar-refractivity contribution in [2.24, 2.45) is 0 Å². The zero-order valence-corrected chi connectivity index (χ0v) is 12.8. The van der Waals surface area contributed by atoms with Crippen molar-refractivity contribution >= 4 is 11.8 Å². The van der Waals surface area contributed by atoms with Gasteiger partial charge in [0.2, 0.25) is 5.89 Å². The second-order valence-electron chi connectivity index (χ2n) is 4.50. The van der Waals surface area contributed by atoms with Crippen LogP contribution in [0.2, 0.25) is 0 Å². The molecule has 3 rings (SSSR count). The molecule has 22 heavy (non-hydrogen) atoms. The summed E-state index contributed by atoms with van der Waals surface area (Å²) < 4.78 is 12.7. The van der Waals surface area contributed by atoms with Crippen LogP contribution < -0.4 is 0 Å². The number of methoxy groups -OCH3 is 1. The van der Waals surface area contributed by atoms with E-state index in [0.29, 0.717) is 23.4 Å². The molecule has 2 aromatic heterocycles. The minimum Gasteiger partial charge on any atom is -0.414 e. The monoisotopic (exact) mass is 317 g/mol. The molecular weight excluding hydrogens is 302 g/mol.